The number of likely N-dealkylation sites (tertiary alicyclic amines) is 1. The van der Waals surface area contributed by atoms with Crippen LogP contribution in [-0.2, 0) is 6.54 Å². The Morgan fingerprint density at radius 2 is 2.04 bits per heavy atom. The van der Waals surface area contributed by atoms with E-state index in [1.165, 1.54) is 19.4 Å². The normalized spacial score (nSPS) is 17.3. The molecule has 1 saturated heterocycles. The van der Waals surface area contributed by atoms with Gasteiger partial charge in [-0.15, -0.1) is 24.8 Å². The van der Waals surface area contributed by atoms with E-state index in [9.17, 15) is 0 Å². The summed E-state index contributed by atoms with van der Waals surface area (Å²) in [6.07, 6.45) is 2.63. The van der Waals surface area contributed by atoms with Gasteiger partial charge in [0, 0.05) is 24.7 Å². The van der Waals surface area contributed by atoms with Crippen LogP contribution in [0.5, 0.6) is 11.5 Å². The molecule has 4 nitrogen and oxygen atoms in total. The third-order valence-electron chi connectivity index (χ3n) is 4.17. The van der Waals surface area contributed by atoms with E-state index in [0.717, 1.165) is 36.7 Å². The molecule has 0 saturated carbocycles. The van der Waals surface area contributed by atoms with Crippen LogP contribution in [0.2, 0.25) is 0 Å². The Morgan fingerprint density at radius 3 is 2.70 bits per heavy atom. The highest BCUT2D eigenvalue weighted by atomic mass is 35.5. The Balaban J connectivity index is 0.00000242. The van der Waals surface area contributed by atoms with Crippen LogP contribution in [0.3, 0.4) is 0 Å². The van der Waals surface area contributed by atoms with Crippen LogP contribution in [0.25, 0.3) is 0 Å². The molecule has 1 aromatic carbocycles. The molecular formula is C17H30Cl2N2O2. The lowest BCUT2D eigenvalue weighted by Crippen LogP contribution is -2.37. The quantitative estimate of drug-likeness (QED) is 0.765. The predicted molar refractivity (Wildman–Crippen MR) is 101 cm³/mol. The van der Waals surface area contributed by atoms with Gasteiger partial charge in [0.25, 0.3) is 0 Å². The van der Waals surface area contributed by atoms with Crippen molar-refractivity contribution < 1.29 is 9.47 Å². The van der Waals surface area contributed by atoms with Crippen LogP contribution < -0.4 is 14.8 Å². The maximum absolute atomic E-state index is 5.75. The molecule has 0 amide bonds. The van der Waals surface area contributed by atoms with Gasteiger partial charge in [0.2, 0.25) is 0 Å². The van der Waals surface area contributed by atoms with E-state index in [4.69, 9.17) is 9.47 Å². The molecular weight excluding hydrogens is 335 g/mol. The SMILES string of the molecule is CCOc1c(CNCC2CCCN2CC)cccc1OC.Cl.Cl. The molecule has 1 unspecified atom stereocenters. The Labute approximate surface area is 152 Å². The van der Waals surface area contributed by atoms with Gasteiger partial charge in [-0.1, -0.05) is 19.1 Å². The second-order valence-electron chi connectivity index (χ2n) is 5.44. The standard InChI is InChI=1S/C17H28N2O2.2ClH/c1-4-19-11-7-9-15(19)13-18-12-14-8-6-10-16(20-3)17(14)21-5-2;;/h6,8,10,15,18H,4-5,7,9,11-13H2,1-3H3;2*1H. The average Bonchev–Trinajstić information content (AvgIpc) is 2.96. The fourth-order valence-electron chi connectivity index (χ4n) is 3.09. The monoisotopic (exact) mass is 364 g/mol. The highest BCUT2D eigenvalue weighted by Gasteiger charge is 2.22. The van der Waals surface area contributed by atoms with Crippen molar-refractivity contribution in [3.63, 3.8) is 0 Å². The molecule has 1 atom stereocenters. The van der Waals surface area contributed by atoms with Gasteiger partial charge in [-0.3, -0.25) is 4.90 Å². The zero-order valence-corrected chi connectivity index (χ0v) is 16.0. The summed E-state index contributed by atoms with van der Waals surface area (Å²) >= 11 is 0. The first-order valence-electron chi connectivity index (χ1n) is 8.03. The Morgan fingerprint density at radius 1 is 1.26 bits per heavy atom. The van der Waals surface area contributed by atoms with Crippen molar-refractivity contribution in [2.24, 2.45) is 0 Å². The minimum atomic E-state index is 0. The molecule has 1 aromatic rings. The molecule has 1 aliphatic rings. The molecule has 0 radical (unpaired) electrons. The van der Waals surface area contributed by atoms with Gasteiger partial charge >= 0.3 is 0 Å². The van der Waals surface area contributed by atoms with Crippen molar-refractivity contribution in [3.8, 4) is 11.5 Å². The number of nitrogens with one attached hydrogen (secondary N) is 1. The lowest BCUT2D eigenvalue weighted by Gasteiger charge is -2.23. The summed E-state index contributed by atoms with van der Waals surface area (Å²) in [5.74, 6) is 1.68. The zero-order valence-electron chi connectivity index (χ0n) is 14.3. The maximum Gasteiger partial charge on any atom is 0.165 e. The summed E-state index contributed by atoms with van der Waals surface area (Å²) < 4.78 is 11.1. The summed E-state index contributed by atoms with van der Waals surface area (Å²) in [6.45, 7) is 9.15. The summed E-state index contributed by atoms with van der Waals surface area (Å²) in [5.41, 5.74) is 1.16. The van der Waals surface area contributed by atoms with Crippen molar-refractivity contribution >= 4 is 24.8 Å². The van der Waals surface area contributed by atoms with Gasteiger partial charge in [0.15, 0.2) is 11.5 Å². The molecule has 1 heterocycles. The lowest BCUT2D eigenvalue weighted by molar-refractivity contribution is 0.259. The summed E-state index contributed by atoms with van der Waals surface area (Å²) in [5, 5.41) is 3.58. The van der Waals surface area contributed by atoms with Crippen molar-refractivity contribution in [1.82, 2.24) is 10.2 Å². The minimum Gasteiger partial charge on any atom is -0.493 e. The smallest absolute Gasteiger partial charge is 0.165 e. The molecule has 0 aromatic heterocycles. The highest BCUT2D eigenvalue weighted by Crippen LogP contribution is 2.31. The first-order chi connectivity index (χ1) is 10.3. The van der Waals surface area contributed by atoms with E-state index in [2.05, 4.69) is 23.2 Å². The van der Waals surface area contributed by atoms with Gasteiger partial charge in [-0.2, -0.15) is 0 Å². The average molecular weight is 365 g/mol. The van der Waals surface area contributed by atoms with Crippen LogP contribution in [0.4, 0.5) is 0 Å². The number of hydrogen-bond donors (Lipinski definition) is 1. The summed E-state index contributed by atoms with van der Waals surface area (Å²) in [6, 6.07) is 6.75. The third kappa shape index (κ3) is 6.03. The third-order valence-corrected chi connectivity index (χ3v) is 4.17. The number of methoxy groups -OCH3 is 1. The van der Waals surface area contributed by atoms with E-state index >= 15 is 0 Å². The van der Waals surface area contributed by atoms with Gasteiger partial charge < -0.3 is 14.8 Å². The predicted octanol–water partition coefficient (Wildman–Crippen LogP) is 3.51. The largest absolute Gasteiger partial charge is 0.493 e. The number of halogens is 2. The molecule has 0 aliphatic carbocycles. The zero-order chi connectivity index (χ0) is 15.1. The Bertz CT molecular complexity index is 447. The Hall–Kier alpha value is -0.680. The van der Waals surface area contributed by atoms with Crippen LogP contribution in [0.15, 0.2) is 18.2 Å². The van der Waals surface area contributed by atoms with Gasteiger partial charge in [0.05, 0.1) is 13.7 Å². The number of rotatable bonds is 8. The molecule has 6 heteroatoms. The first kappa shape index (κ1) is 22.3. The number of likely N-dealkylation sites (N-methyl/N-ethyl adjacent to an activating group) is 1. The number of para-hydroxylation sites is 1. The molecule has 1 N–H and O–H groups in total. The van der Waals surface area contributed by atoms with Gasteiger partial charge in [-0.05, 0) is 38.9 Å². The van der Waals surface area contributed by atoms with E-state index in [1.807, 2.05) is 19.1 Å². The van der Waals surface area contributed by atoms with Gasteiger partial charge in [0.1, 0.15) is 0 Å². The molecule has 0 spiro atoms. The van der Waals surface area contributed by atoms with Crippen molar-refractivity contribution in [2.75, 3.05) is 33.4 Å². The van der Waals surface area contributed by atoms with Crippen LogP contribution in [-0.4, -0.2) is 44.3 Å². The molecule has 134 valence electrons. The maximum atomic E-state index is 5.75. The first-order valence-corrected chi connectivity index (χ1v) is 8.03. The molecule has 2 rings (SSSR count). The van der Waals surface area contributed by atoms with E-state index in [1.54, 1.807) is 7.11 Å². The van der Waals surface area contributed by atoms with Crippen LogP contribution in [0.1, 0.15) is 32.3 Å². The van der Waals surface area contributed by atoms with E-state index in [0.29, 0.717) is 12.6 Å². The van der Waals surface area contributed by atoms with E-state index < -0.39 is 0 Å². The van der Waals surface area contributed by atoms with Gasteiger partial charge in [-0.25, -0.2) is 0 Å². The molecule has 1 fully saturated rings. The second-order valence-corrected chi connectivity index (χ2v) is 5.44. The summed E-state index contributed by atoms with van der Waals surface area (Å²) in [4.78, 5) is 2.56. The lowest BCUT2D eigenvalue weighted by atomic mass is 10.1. The number of nitrogens with zero attached hydrogens (tertiary/aromatic N) is 1. The second kappa shape index (κ2) is 11.8. The minimum absolute atomic E-state index is 0. The number of benzene rings is 1. The summed E-state index contributed by atoms with van der Waals surface area (Å²) in [7, 11) is 1.69. The number of ether oxygens (including phenoxy) is 2. The molecule has 0 bridgehead atoms. The Kier molecular flexibility index (Phi) is 11.4. The highest BCUT2D eigenvalue weighted by molar-refractivity contribution is 5.85. The topological polar surface area (TPSA) is 33.7 Å². The van der Waals surface area contributed by atoms with Crippen LogP contribution >= 0.6 is 24.8 Å². The molecule has 1 aliphatic heterocycles. The molecule has 23 heavy (non-hydrogen) atoms. The number of hydrogen-bond acceptors (Lipinski definition) is 4. The fourth-order valence-corrected chi connectivity index (χ4v) is 3.09. The van der Waals surface area contributed by atoms with E-state index in [-0.39, 0.29) is 24.8 Å². The van der Waals surface area contributed by atoms with Crippen LogP contribution in [0, 0.1) is 0 Å². The fraction of sp³-hybridized carbons (Fsp3) is 0.647. The van der Waals surface area contributed by atoms with Crippen molar-refractivity contribution in [2.45, 2.75) is 39.3 Å². The van der Waals surface area contributed by atoms with Crippen molar-refractivity contribution in [3.05, 3.63) is 23.8 Å². The van der Waals surface area contributed by atoms with Crippen molar-refractivity contribution in [1.29, 1.82) is 0 Å².